The van der Waals surface area contributed by atoms with Crippen LogP contribution in [0.4, 0.5) is 5.69 Å². The molecule has 0 atom stereocenters. The largest absolute Gasteiger partial charge is 0.495 e. The number of nitrogens with two attached hydrogens (primary N) is 1. The molecule has 0 saturated heterocycles. The minimum absolute atomic E-state index is 0.0332. The van der Waals surface area contributed by atoms with Gasteiger partial charge in [0.25, 0.3) is 5.56 Å². The molecule has 0 saturated carbocycles. The lowest BCUT2D eigenvalue weighted by Crippen LogP contribution is -2.32. The smallest absolute Gasteiger partial charge is 0.294 e. The third-order valence-corrected chi connectivity index (χ3v) is 3.92. The number of ether oxygens (including phenoxy) is 1. The van der Waals surface area contributed by atoms with E-state index in [1.54, 1.807) is 6.07 Å². The Morgan fingerprint density at radius 3 is 2.83 bits per heavy atom. The number of hydrogen-bond donors (Lipinski definition) is 2. The lowest BCUT2D eigenvalue weighted by atomic mass is 10.2. The summed E-state index contributed by atoms with van der Waals surface area (Å²) in [6, 6.07) is 5.48. The number of hydrogen-bond acceptors (Lipinski definition) is 7. The van der Waals surface area contributed by atoms with Crippen LogP contribution >= 0.6 is 11.8 Å². The monoisotopic (exact) mass is 335 g/mol. The summed E-state index contributed by atoms with van der Waals surface area (Å²) >= 11 is 1.03. The number of nitrogen functional groups attached to an aromatic ring is 1. The van der Waals surface area contributed by atoms with Crippen molar-refractivity contribution in [2.45, 2.75) is 19.0 Å². The third-order valence-electron chi connectivity index (χ3n) is 2.98. The molecular weight excluding hydrogens is 318 g/mol. The van der Waals surface area contributed by atoms with Crippen LogP contribution in [0.1, 0.15) is 11.3 Å². The number of aryl methyl sites for hydroxylation is 2. The van der Waals surface area contributed by atoms with Crippen LogP contribution in [0, 0.1) is 13.8 Å². The van der Waals surface area contributed by atoms with Gasteiger partial charge in [-0.1, -0.05) is 17.8 Å². The Balaban J connectivity index is 2.05. The molecule has 1 aromatic carbocycles. The first kappa shape index (κ1) is 16.8. The van der Waals surface area contributed by atoms with Gasteiger partial charge >= 0.3 is 0 Å². The second-order valence-corrected chi connectivity index (χ2v) is 5.73. The summed E-state index contributed by atoms with van der Waals surface area (Å²) in [5.41, 5.74) is 1.33. The van der Waals surface area contributed by atoms with Crippen LogP contribution in [0.3, 0.4) is 0 Å². The highest BCUT2D eigenvalue weighted by molar-refractivity contribution is 7.99. The molecule has 3 N–H and O–H groups in total. The molecule has 122 valence electrons. The van der Waals surface area contributed by atoms with Gasteiger partial charge < -0.3 is 15.9 Å². The number of carbonyl (C=O) groups excluding carboxylic acids is 1. The molecule has 0 aliphatic heterocycles. The lowest BCUT2D eigenvalue weighted by Gasteiger charge is -2.11. The number of thioether (sulfide) groups is 1. The zero-order chi connectivity index (χ0) is 17.0. The van der Waals surface area contributed by atoms with Crippen molar-refractivity contribution >= 4 is 23.4 Å². The van der Waals surface area contributed by atoms with Crippen molar-refractivity contribution in [3.05, 3.63) is 39.8 Å². The van der Waals surface area contributed by atoms with Gasteiger partial charge in [0.1, 0.15) is 11.4 Å². The van der Waals surface area contributed by atoms with E-state index in [-0.39, 0.29) is 22.5 Å². The average molecular weight is 335 g/mol. The molecule has 0 aliphatic rings. The first-order valence-electron chi connectivity index (χ1n) is 6.71. The summed E-state index contributed by atoms with van der Waals surface area (Å²) in [4.78, 5) is 23.7. The van der Waals surface area contributed by atoms with E-state index in [1.807, 2.05) is 19.1 Å². The number of rotatable bonds is 5. The Kier molecular flexibility index (Phi) is 5.22. The number of amides is 1. The van der Waals surface area contributed by atoms with E-state index in [9.17, 15) is 9.59 Å². The van der Waals surface area contributed by atoms with Crippen molar-refractivity contribution in [2.75, 3.05) is 24.0 Å². The molecule has 0 unspecified atom stereocenters. The normalized spacial score (nSPS) is 10.4. The first-order chi connectivity index (χ1) is 10.9. The Morgan fingerprint density at radius 1 is 1.39 bits per heavy atom. The van der Waals surface area contributed by atoms with Crippen molar-refractivity contribution in [2.24, 2.45) is 0 Å². The van der Waals surface area contributed by atoms with E-state index in [0.717, 1.165) is 22.0 Å². The summed E-state index contributed by atoms with van der Waals surface area (Å²) in [6.07, 6.45) is 0. The standard InChI is InChI=1S/C14H17N5O3S/c1-8-4-5-11(22-3)10(6-8)16-12(20)7-23-14-18-17-9(2)13(21)19(14)15/h4-6H,7,15H2,1-3H3,(H,16,20). The van der Waals surface area contributed by atoms with Crippen molar-refractivity contribution < 1.29 is 9.53 Å². The second-order valence-electron chi connectivity index (χ2n) is 4.78. The Hall–Kier alpha value is -2.55. The quantitative estimate of drug-likeness (QED) is 0.611. The maximum atomic E-state index is 12.1. The highest BCUT2D eigenvalue weighted by atomic mass is 32.2. The summed E-state index contributed by atoms with van der Waals surface area (Å²) in [5.74, 6) is 5.95. The van der Waals surface area contributed by atoms with E-state index in [4.69, 9.17) is 10.6 Å². The molecule has 1 heterocycles. The molecule has 1 aromatic heterocycles. The van der Waals surface area contributed by atoms with Crippen LogP contribution in [-0.2, 0) is 4.79 Å². The highest BCUT2D eigenvalue weighted by Crippen LogP contribution is 2.25. The summed E-state index contributed by atoms with van der Waals surface area (Å²) in [7, 11) is 1.53. The second kappa shape index (κ2) is 7.14. The van der Waals surface area contributed by atoms with Gasteiger partial charge in [-0.25, -0.2) is 0 Å². The number of carbonyl (C=O) groups is 1. The molecule has 0 radical (unpaired) electrons. The summed E-state index contributed by atoms with van der Waals surface area (Å²) in [5, 5.41) is 10.4. The van der Waals surface area contributed by atoms with Gasteiger partial charge in [-0.3, -0.25) is 9.59 Å². The third kappa shape index (κ3) is 4.01. The molecule has 8 nitrogen and oxygen atoms in total. The fourth-order valence-corrected chi connectivity index (χ4v) is 2.46. The van der Waals surface area contributed by atoms with Gasteiger partial charge in [-0.15, -0.1) is 10.2 Å². The molecule has 0 spiro atoms. The summed E-state index contributed by atoms with van der Waals surface area (Å²) < 4.78 is 6.09. The van der Waals surface area contributed by atoms with Gasteiger partial charge in [-0.05, 0) is 31.5 Å². The topological polar surface area (TPSA) is 112 Å². The van der Waals surface area contributed by atoms with E-state index in [1.165, 1.54) is 14.0 Å². The van der Waals surface area contributed by atoms with Crippen molar-refractivity contribution in [1.82, 2.24) is 14.9 Å². The Bertz CT molecular complexity index is 790. The molecule has 0 aliphatic carbocycles. The zero-order valence-electron chi connectivity index (χ0n) is 13.0. The minimum Gasteiger partial charge on any atom is -0.495 e. The van der Waals surface area contributed by atoms with Crippen LogP contribution in [0.15, 0.2) is 28.2 Å². The fraction of sp³-hybridized carbons (Fsp3) is 0.286. The molecule has 2 aromatic rings. The highest BCUT2D eigenvalue weighted by Gasteiger charge is 2.12. The number of nitrogens with one attached hydrogen (secondary N) is 1. The van der Waals surface area contributed by atoms with Crippen molar-refractivity contribution in [1.29, 1.82) is 0 Å². The van der Waals surface area contributed by atoms with Gasteiger partial charge in [0.15, 0.2) is 0 Å². The predicted octanol–water partition coefficient (Wildman–Crippen LogP) is 0.708. The number of benzene rings is 1. The number of aromatic nitrogens is 3. The maximum absolute atomic E-state index is 12.1. The molecular formula is C14H17N5O3S. The Morgan fingerprint density at radius 2 is 2.13 bits per heavy atom. The maximum Gasteiger partial charge on any atom is 0.294 e. The number of methoxy groups -OCH3 is 1. The Labute approximate surface area is 137 Å². The fourth-order valence-electron chi connectivity index (χ4n) is 1.80. The van der Waals surface area contributed by atoms with Crippen LogP contribution in [-0.4, -0.2) is 33.6 Å². The molecule has 0 bridgehead atoms. The average Bonchev–Trinajstić information content (AvgIpc) is 2.52. The first-order valence-corrected chi connectivity index (χ1v) is 7.69. The van der Waals surface area contributed by atoms with Crippen LogP contribution in [0.5, 0.6) is 5.75 Å². The SMILES string of the molecule is COc1ccc(C)cc1NC(=O)CSc1nnc(C)c(=O)n1N. The number of anilines is 1. The van der Waals surface area contributed by atoms with E-state index < -0.39 is 5.56 Å². The molecule has 23 heavy (non-hydrogen) atoms. The van der Waals surface area contributed by atoms with Crippen molar-refractivity contribution in [3.8, 4) is 5.75 Å². The van der Waals surface area contributed by atoms with Crippen LogP contribution < -0.4 is 21.5 Å². The van der Waals surface area contributed by atoms with E-state index in [0.29, 0.717) is 11.4 Å². The number of nitrogens with zero attached hydrogens (tertiary/aromatic N) is 3. The minimum atomic E-state index is -0.441. The lowest BCUT2D eigenvalue weighted by molar-refractivity contribution is -0.113. The van der Waals surface area contributed by atoms with E-state index >= 15 is 0 Å². The van der Waals surface area contributed by atoms with Crippen LogP contribution in [0.25, 0.3) is 0 Å². The van der Waals surface area contributed by atoms with Gasteiger partial charge in [0.05, 0.1) is 18.6 Å². The molecule has 0 fully saturated rings. The van der Waals surface area contributed by atoms with Gasteiger partial charge in [-0.2, -0.15) is 4.68 Å². The molecule has 2 rings (SSSR count). The van der Waals surface area contributed by atoms with Crippen LogP contribution in [0.2, 0.25) is 0 Å². The summed E-state index contributed by atoms with van der Waals surface area (Å²) in [6.45, 7) is 3.43. The zero-order valence-corrected chi connectivity index (χ0v) is 13.8. The van der Waals surface area contributed by atoms with Gasteiger partial charge in [0, 0.05) is 0 Å². The molecule has 9 heteroatoms. The van der Waals surface area contributed by atoms with Gasteiger partial charge in [0.2, 0.25) is 11.1 Å². The van der Waals surface area contributed by atoms with E-state index in [2.05, 4.69) is 15.5 Å². The predicted molar refractivity (Wildman–Crippen MR) is 88.3 cm³/mol. The molecule has 1 amide bonds. The van der Waals surface area contributed by atoms with Crippen molar-refractivity contribution in [3.63, 3.8) is 0 Å².